The van der Waals surface area contributed by atoms with Crippen molar-refractivity contribution in [2.24, 2.45) is 0 Å². The van der Waals surface area contributed by atoms with Gasteiger partial charge in [0.15, 0.2) is 5.75 Å². The van der Waals surface area contributed by atoms with Crippen LogP contribution in [0.15, 0.2) is 79.0 Å². The van der Waals surface area contributed by atoms with E-state index < -0.39 is 0 Å². The summed E-state index contributed by atoms with van der Waals surface area (Å²) < 4.78 is 11.8. The first-order valence-electron chi connectivity index (χ1n) is 10.7. The highest BCUT2D eigenvalue weighted by Gasteiger charge is 2.16. The smallest absolute Gasteiger partial charge is 0.173 e. The van der Waals surface area contributed by atoms with Crippen LogP contribution >= 0.6 is 0 Å². The van der Waals surface area contributed by atoms with E-state index in [1.165, 1.54) is 11.1 Å². The topological polar surface area (TPSA) is 67.4 Å². The van der Waals surface area contributed by atoms with E-state index in [0.717, 1.165) is 6.42 Å². The van der Waals surface area contributed by atoms with Crippen LogP contribution in [0.25, 0.3) is 11.3 Å². The minimum atomic E-state index is 0.0794. The van der Waals surface area contributed by atoms with E-state index in [4.69, 9.17) is 9.47 Å². The number of hydrogen-bond acceptors (Lipinski definition) is 4. The molecule has 0 amide bonds. The molecule has 0 unspecified atom stereocenters. The van der Waals surface area contributed by atoms with Crippen molar-refractivity contribution in [2.45, 2.75) is 32.6 Å². The second-order valence-corrected chi connectivity index (χ2v) is 8.75. The summed E-state index contributed by atoms with van der Waals surface area (Å²) in [6, 6.07) is 23.4. The molecule has 0 bridgehead atoms. The van der Waals surface area contributed by atoms with Crippen LogP contribution in [-0.4, -0.2) is 21.9 Å². The quantitative estimate of drug-likeness (QED) is 0.353. The molecule has 0 saturated carbocycles. The van der Waals surface area contributed by atoms with Gasteiger partial charge in [0.05, 0.1) is 12.8 Å². The Morgan fingerprint density at radius 3 is 2.31 bits per heavy atom. The third kappa shape index (κ3) is 5.11. The second-order valence-electron chi connectivity index (χ2n) is 8.75. The standard InChI is InChI=1S/C27H28N2O3/c1-27(2,3)20-9-11-21(12-10-20)32-25-18-28-29-26(25)23-14-13-22(17-24(23)30)31-16-15-19-7-5-4-6-8-19/h4-14,17-18,30H,15-16H2,1-3H3,(H,28,29). The van der Waals surface area contributed by atoms with Gasteiger partial charge in [0.1, 0.15) is 22.9 Å². The molecule has 4 rings (SSSR count). The average Bonchev–Trinajstić information content (AvgIpc) is 3.22. The summed E-state index contributed by atoms with van der Waals surface area (Å²) in [4.78, 5) is 0. The van der Waals surface area contributed by atoms with Gasteiger partial charge in [-0.25, -0.2) is 0 Å². The van der Waals surface area contributed by atoms with Crippen molar-refractivity contribution in [1.29, 1.82) is 0 Å². The molecule has 32 heavy (non-hydrogen) atoms. The molecule has 0 radical (unpaired) electrons. The molecule has 0 spiro atoms. The molecule has 0 saturated heterocycles. The minimum Gasteiger partial charge on any atom is -0.507 e. The van der Waals surface area contributed by atoms with Crippen molar-refractivity contribution in [3.63, 3.8) is 0 Å². The molecular formula is C27H28N2O3. The Labute approximate surface area is 188 Å². The lowest BCUT2D eigenvalue weighted by Gasteiger charge is -2.19. The Bertz CT molecular complexity index is 1160. The van der Waals surface area contributed by atoms with Gasteiger partial charge in [-0.05, 0) is 40.8 Å². The summed E-state index contributed by atoms with van der Waals surface area (Å²) >= 11 is 0. The summed E-state index contributed by atoms with van der Waals surface area (Å²) in [7, 11) is 0. The number of aromatic hydroxyl groups is 1. The Kier molecular flexibility index (Phi) is 6.17. The van der Waals surface area contributed by atoms with Gasteiger partial charge in [-0.1, -0.05) is 63.2 Å². The highest BCUT2D eigenvalue weighted by Crippen LogP contribution is 2.38. The molecule has 164 valence electrons. The van der Waals surface area contributed by atoms with Crippen LogP contribution in [0.2, 0.25) is 0 Å². The van der Waals surface area contributed by atoms with E-state index in [9.17, 15) is 5.11 Å². The fourth-order valence-corrected chi connectivity index (χ4v) is 3.44. The molecule has 0 aliphatic carbocycles. The Morgan fingerprint density at radius 1 is 0.906 bits per heavy atom. The zero-order valence-corrected chi connectivity index (χ0v) is 18.6. The number of H-pyrrole nitrogens is 1. The summed E-state index contributed by atoms with van der Waals surface area (Å²) in [6.45, 7) is 7.06. The van der Waals surface area contributed by atoms with Gasteiger partial charge >= 0.3 is 0 Å². The molecule has 5 nitrogen and oxygen atoms in total. The molecule has 0 atom stereocenters. The first-order chi connectivity index (χ1) is 15.4. The first-order valence-corrected chi connectivity index (χ1v) is 10.7. The zero-order valence-electron chi connectivity index (χ0n) is 18.6. The Balaban J connectivity index is 1.45. The fourth-order valence-electron chi connectivity index (χ4n) is 3.44. The van der Waals surface area contributed by atoms with E-state index in [0.29, 0.717) is 35.1 Å². The highest BCUT2D eigenvalue weighted by atomic mass is 16.5. The number of hydrogen-bond donors (Lipinski definition) is 2. The van der Waals surface area contributed by atoms with Gasteiger partial charge in [-0.3, -0.25) is 5.10 Å². The summed E-state index contributed by atoms with van der Waals surface area (Å²) in [5.41, 5.74) is 3.73. The fraction of sp³-hybridized carbons (Fsp3) is 0.222. The van der Waals surface area contributed by atoms with Gasteiger partial charge < -0.3 is 14.6 Å². The maximum atomic E-state index is 10.6. The minimum absolute atomic E-state index is 0.0794. The van der Waals surface area contributed by atoms with E-state index >= 15 is 0 Å². The van der Waals surface area contributed by atoms with Crippen molar-refractivity contribution >= 4 is 0 Å². The van der Waals surface area contributed by atoms with Crippen LogP contribution < -0.4 is 9.47 Å². The number of rotatable bonds is 7. The normalized spacial score (nSPS) is 11.3. The van der Waals surface area contributed by atoms with Crippen molar-refractivity contribution in [1.82, 2.24) is 10.2 Å². The van der Waals surface area contributed by atoms with Crippen LogP contribution in [0.1, 0.15) is 31.9 Å². The maximum absolute atomic E-state index is 10.6. The number of benzene rings is 3. The number of phenols is 1. The van der Waals surface area contributed by atoms with Crippen LogP contribution in [0.5, 0.6) is 23.0 Å². The maximum Gasteiger partial charge on any atom is 0.173 e. The van der Waals surface area contributed by atoms with Crippen molar-refractivity contribution < 1.29 is 14.6 Å². The van der Waals surface area contributed by atoms with Crippen molar-refractivity contribution in [3.8, 4) is 34.3 Å². The molecule has 1 heterocycles. The Morgan fingerprint density at radius 2 is 1.62 bits per heavy atom. The predicted octanol–water partition coefficient (Wildman–Crippen LogP) is 6.49. The lowest BCUT2D eigenvalue weighted by atomic mass is 9.87. The molecule has 4 aromatic rings. The predicted molar refractivity (Wildman–Crippen MR) is 127 cm³/mol. The molecule has 0 aliphatic rings. The Hall–Kier alpha value is -3.73. The molecule has 2 N–H and O–H groups in total. The van der Waals surface area contributed by atoms with Crippen LogP contribution in [0.4, 0.5) is 0 Å². The van der Waals surface area contributed by atoms with Crippen molar-refractivity contribution in [2.75, 3.05) is 6.61 Å². The molecule has 5 heteroatoms. The molecule has 0 fully saturated rings. The molecule has 1 aromatic heterocycles. The third-order valence-corrected chi connectivity index (χ3v) is 5.29. The first kappa shape index (κ1) is 21.5. The van der Waals surface area contributed by atoms with Gasteiger partial charge in [-0.15, -0.1) is 0 Å². The zero-order chi connectivity index (χ0) is 22.6. The largest absolute Gasteiger partial charge is 0.507 e. The van der Waals surface area contributed by atoms with E-state index in [1.54, 1.807) is 18.3 Å². The SMILES string of the molecule is CC(C)(C)c1ccc(Oc2cn[nH]c2-c2ccc(OCCc3ccccc3)cc2O)cc1. The average molecular weight is 429 g/mol. The van der Waals surface area contributed by atoms with Gasteiger partial charge in [0.2, 0.25) is 0 Å². The van der Waals surface area contributed by atoms with Crippen LogP contribution in [-0.2, 0) is 11.8 Å². The van der Waals surface area contributed by atoms with E-state index in [2.05, 4.69) is 55.2 Å². The molecule has 0 aliphatic heterocycles. The van der Waals surface area contributed by atoms with Crippen LogP contribution in [0.3, 0.4) is 0 Å². The van der Waals surface area contributed by atoms with Gasteiger partial charge in [0.25, 0.3) is 0 Å². The lowest BCUT2D eigenvalue weighted by molar-refractivity contribution is 0.320. The van der Waals surface area contributed by atoms with E-state index in [-0.39, 0.29) is 11.2 Å². The number of aromatic nitrogens is 2. The number of nitrogens with one attached hydrogen (secondary N) is 1. The monoisotopic (exact) mass is 428 g/mol. The summed E-state index contributed by atoms with van der Waals surface area (Å²) in [5, 5.41) is 17.6. The summed E-state index contributed by atoms with van der Waals surface area (Å²) in [5.74, 6) is 1.96. The van der Waals surface area contributed by atoms with Gasteiger partial charge in [-0.2, -0.15) is 5.10 Å². The second kappa shape index (κ2) is 9.18. The van der Waals surface area contributed by atoms with Gasteiger partial charge in [0, 0.05) is 18.1 Å². The molecule has 3 aromatic carbocycles. The molecular weight excluding hydrogens is 400 g/mol. The number of aromatic amines is 1. The van der Waals surface area contributed by atoms with E-state index in [1.807, 2.05) is 36.4 Å². The number of nitrogens with zero attached hydrogens (tertiary/aromatic N) is 1. The highest BCUT2D eigenvalue weighted by molar-refractivity contribution is 5.73. The van der Waals surface area contributed by atoms with Crippen LogP contribution in [0, 0.1) is 0 Å². The third-order valence-electron chi connectivity index (χ3n) is 5.29. The summed E-state index contributed by atoms with van der Waals surface area (Å²) in [6.07, 6.45) is 2.41. The number of ether oxygens (including phenoxy) is 2. The number of phenolic OH excluding ortho intramolecular Hbond substituents is 1. The van der Waals surface area contributed by atoms with Crippen molar-refractivity contribution in [3.05, 3.63) is 90.1 Å². The lowest BCUT2D eigenvalue weighted by Crippen LogP contribution is -2.10.